The van der Waals surface area contributed by atoms with Gasteiger partial charge in [0, 0.05) is 29.8 Å². The molecule has 0 spiro atoms. The van der Waals surface area contributed by atoms with Crippen LogP contribution in [0.25, 0.3) is 17.0 Å². The van der Waals surface area contributed by atoms with Gasteiger partial charge in [-0.15, -0.1) is 0 Å². The molecule has 0 saturated carbocycles. The molecule has 0 unspecified atom stereocenters. The van der Waals surface area contributed by atoms with E-state index in [1.807, 2.05) is 12.1 Å². The minimum atomic E-state index is 0.384. The number of hydrogen-bond donors (Lipinski definition) is 1. The number of methoxy groups -OCH3 is 2. The van der Waals surface area contributed by atoms with Crippen LogP contribution in [0.4, 0.5) is 11.4 Å². The molecule has 0 radical (unpaired) electrons. The fraction of sp³-hybridized carbons (Fsp3) is 0.333. The molecule has 0 atom stereocenters. The lowest BCUT2D eigenvalue weighted by Crippen LogP contribution is -2.30. The number of likely N-dealkylation sites (tertiary alicyclic amines) is 1. The molecule has 0 amide bonds. The number of halogens is 2. The van der Waals surface area contributed by atoms with E-state index in [2.05, 4.69) is 33.4 Å². The summed E-state index contributed by atoms with van der Waals surface area (Å²) in [7, 11) is 3.18. The largest absolute Gasteiger partial charge is 0.496 e. The number of hydrogen-bond acceptors (Lipinski definition) is 6. The van der Waals surface area contributed by atoms with E-state index in [9.17, 15) is 5.26 Å². The van der Waals surface area contributed by atoms with E-state index in [-0.39, 0.29) is 0 Å². The predicted octanol–water partition coefficient (Wildman–Crippen LogP) is 7.06. The minimum Gasteiger partial charge on any atom is -0.496 e. The highest BCUT2D eigenvalue weighted by molar-refractivity contribution is 6.37. The van der Waals surface area contributed by atoms with Gasteiger partial charge in [-0.2, -0.15) is 5.26 Å². The summed E-state index contributed by atoms with van der Waals surface area (Å²) in [5.41, 5.74) is 3.21. The second-order valence-corrected chi connectivity index (χ2v) is 9.27. The van der Waals surface area contributed by atoms with Crippen molar-refractivity contribution in [2.45, 2.75) is 25.7 Å². The SMILES string of the molecule is COc1cc(Nc2c(C#N)cnc3cc(C=CCCN4CCCCC4)c(OC)cc23)c(Cl)cc1Cl. The Balaban J connectivity index is 1.66. The Labute approximate surface area is 216 Å². The molecule has 1 aliphatic rings. The molecule has 2 heterocycles. The molecule has 35 heavy (non-hydrogen) atoms. The van der Waals surface area contributed by atoms with E-state index in [4.69, 9.17) is 32.7 Å². The zero-order valence-corrected chi connectivity index (χ0v) is 21.4. The molecule has 182 valence electrons. The zero-order chi connectivity index (χ0) is 24.8. The number of rotatable bonds is 8. The Hall–Kier alpha value is -2.98. The third kappa shape index (κ3) is 5.82. The zero-order valence-electron chi connectivity index (χ0n) is 19.9. The van der Waals surface area contributed by atoms with Crippen LogP contribution in [0.5, 0.6) is 11.5 Å². The summed E-state index contributed by atoms with van der Waals surface area (Å²) < 4.78 is 11.0. The third-order valence-corrected chi connectivity index (χ3v) is 6.81. The molecular formula is C27H28Cl2N4O2. The molecular weight excluding hydrogens is 483 g/mol. The highest BCUT2D eigenvalue weighted by Crippen LogP contribution is 2.39. The summed E-state index contributed by atoms with van der Waals surface area (Å²) in [5.74, 6) is 1.18. The second kappa shape index (κ2) is 11.6. The van der Waals surface area contributed by atoms with Crippen LogP contribution in [0.3, 0.4) is 0 Å². The molecule has 3 aromatic rings. The first-order valence-electron chi connectivity index (χ1n) is 11.6. The van der Waals surface area contributed by atoms with Crippen molar-refractivity contribution in [1.29, 1.82) is 5.26 Å². The summed E-state index contributed by atoms with van der Waals surface area (Å²) in [5, 5.41) is 14.6. The van der Waals surface area contributed by atoms with Gasteiger partial charge in [-0.25, -0.2) is 0 Å². The number of piperidine rings is 1. The standard InChI is InChI=1S/C27H28Cl2N4O2/c1-34-25-13-20-23(12-18(25)8-4-7-11-33-9-5-3-6-10-33)31-17-19(16-30)27(20)32-24-15-26(35-2)22(29)14-21(24)28/h4,8,12-15,17H,3,5-7,9-11H2,1-2H3,(H,31,32). The summed E-state index contributed by atoms with van der Waals surface area (Å²) >= 11 is 12.6. The van der Waals surface area contributed by atoms with Gasteiger partial charge < -0.3 is 19.7 Å². The maximum atomic E-state index is 9.75. The third-order valence-electron chi connectivity index (χ3n) is 6.20. The molecule has 2 aromatic carbocycles. The van der Waals surface area contributed by atoms with Crippen molar-refractivity contribution >= 4 is 51.6 Å². The molecule has 1 aliphatic heterocycles. The second-order valence-electron chi connectivity index (χ2n) is 8.45. The molecule has 1 aromatic heterocycles. The average Bonchev–Trinajstić information content (AvgIpc) is 2.88. The summed E-state index contributed by atoms with van der Waals surface area (Å²) in [6.45, 7) is 3.45. The van der Waals surface area contributed by atoms with Gasteiger partial charge >= 0.3 is 0 Å². The van der Waals surface area contributed by atoms with Crippen molar-refractivity contribution in [3.8, 4) is 17.6 Å². The van der Waals surface area contributed by atoms with Crippen LogP contribution in [-0.4, -0.2) is 43.7 Å². The van der Waals surface area contributed by atoms with E-state index in [1.165, 1.54) is 39.5 Å². The number of pyridine rings is 1. The lowest BCUT2D eigenvalue weighted by molar-refractivity contribution is 0.233. The van der Waals surface area contributed by atoms with E-state index in [1.54, 1.807) is 25.4 Å². The number of nitrogens with zero attached hydrogens (tertiary/aromatic N) is 3. The summed E-state index contributed by atoms with van der Waals surface area (Å²) in [6, 6.07) is 9.39. The molecule has 0 bridgehead atoms. The van der Waals surface area contributed by atoms with E-state index < -0.39 is 0 Å². The number of benzene rings is 2. The predicted molar refractivity (Wildman–Crippen MR) is 143 cm³/mol. The van der Waals surface area contributed by atoms with Gasteiger partial charge in [-0.3, -0.25) is 4.98 Å². The van der Waals surface area contributed by atoms with Crippen molar-refractivity contribution in [2.24, 2.45) is 0 Å². The van der Waals surface area contributed by atoms with E-state index in [0.717, 1.165) is 29.4 Å². The first-order chi connectivity index (χ1) is 17.0. The highest BCUT2D eigenvalue weighted by atomic mass is 35.5. The first kappa shape index (κ1) is 25.1. The number of fused-ring (bicyclic) bond motifs is 1. The van der Waals surface area contributed by atoms with Crippen molar-refractivity contribution in [3.05, 3.63) is 57.7 Å². The number of ether oxygens (including phenoxy) is 2. The van der Waals surface area contributed by atoms with Gasteiger partial charge in [0.15, 0.2) is 0 Å². The molecule has 4 rings (SSSR count). The average molecular weight is 511 g/mol. The van der Waals surface area contributed by atoms with Crippen LogP contribution < -0.4 is 14.8 Å². The normalized spacial score (nSPS) is 14.3. The summed E-state index contributed by atoms with van der Waals surface area (Å²) in [4.78, 5) is 7.04. The molecule has 8 heteroatoms. The first-order valence-corrected chi connectivity index (χ1v) is 12.4. The van der Waals surface area contributed by atoms with Crippen LogP contribution in [-0.2, 0) is 0 Å². The molecule has 0 aliphatic carbocycles. The van der Waals surface area contributed by atoms with Crippen molar-refractivity contribution < 1.29 is 9.47 Å². The maximum Gasteiger partial charge on any atom is 0.139 e. The fourth-order valence-electron chi connectivity index (χ4n) is 4.33. The van der Waals surface area contributed by atoms with Crippen LogP contribution >= 0.6 is 23.2 Å². The highest BCUT2D eigenvalue weighted by Gasteiger charge is 2.16. The van der Waals surface area contributed by atoms with E-state index >= 15 is 0 Å². The fourth-order valence-corrected chi connectivity index (χ4v) is 4.84. The Kier molecular flexibility index (Phi) is 8.35. The van der Waals surface area contributed by atoms with Gasteiger partial charge in [-0.1, -0.05) is 41.8 Å². The maximum absolute atomic E-state index is 9.75. The van der Waals surface area contributed by atoms with Gasteiger partial charge in [0.25, 0.3) is 0 Å². The smallest absolute Gasteiger partial charge is 0.139 e. The monoisotopic (exact) mass is 510 g/mol. The van der Waals surface area contributed by atoms with Gasteiger partial charge in [0.2, 0.25) is 0 Å². The van der Waals surface area contributed by atoms with Crippen molar-refractivity contribution in [3.63, 3.8) is 0 Å². The Bertz CT molecular complexity index is 1280. The van der Waals surface area contributed by atoms with Crippen molar-refractivity contribution in [2.75, 3.05) is 39.2 Å². The van der Waals surface area contributed by atoms with Gasteiger partial charge in [0.1, 0.15) is 17.6 Å². The number of nitriles is 1. The lowest BCUT2D eigenvalue weighted by Gasteiger charge is -2.25. The van der Waals surface area contributed by atoms with E-state index in [0.29, 0.717) is 38.5 Å². The minimum absolute atomic E-state index is 0.384. The lowest BCUT2D eigenvalue weighted by atomic mass is 10.0. The molecule has 1 N–H and O–H groups in total. The number of anilines is 2. The molecule has 1 fully saturated rings. The topological polar surface area (TPSA) is 70.4 Å². The Morgan fingerprint density at radius 3 is 2.54 bits per heavy atom. The molecule has 6 nitrogen and oxygen atoms in total. The quantitative estimate of drug-likeness (QED) is 0.349. The summed E-state index contributed by atoms with van der Waals surface area (Å²) in [6.07, 6.45) is 10.7. The number of nitrogens with one attached hydrogen (secondary N) is 1. The van der Waals surface area contributed by atoms with Gasteiger partial charge in [0.05, 0.1) is 46.7 Å². The van der Waals surface area contributed by atoms with Gasteiger partial charge in [-0.05, 0) is 50.6 Å². The Morgan fingerprint density at radius 2 is 1.83 bits per heavy atom. The van der Waals surface area contributed by atoms with Crippen LogP contribution in [0.1, 0.15) is 36.8 Å². The van der Waals surface area contributed by atoms with Crippen LogP contribution in [0.2, 0.25) is 10.0 Å². The Morgan fingerprint density at radius 1 is 1.06 bits per heavy atom. The molecule has 1 saturated heterocycles. The van der Waals surface area contributed by atoms with Crippen molar-refractivity contribution in [1.82, 2.24) is 9.88 Å². The van der Waals surface area contributed by atoms with Crippen LogP contribution in [0, 0.1) is 11.3 Å². The van der Waals surface area contributed by atoms with Crippen LogP contribution in [0.15, 0.2) is 36.5 Å². The number of aromatic nitrogens is 1.